The molecule has 0 fully saturated rings. The topological polar surface area (TPSA) is 27.7 Å². The first kappa shape index (κ1) is 52.6. The molecule has 4 aromatic carbocycles. The van der Waals surface area contributed by atoms with Crippen molar-refractivity contribution in [3.05, 3.63) is 88.0 Å². The Morgan fingerprint density at radius 3 is 0.476 bits per heavy atom. The second kappa shape index (κ2) is 17.0. The number of benzene rings is 4. The summed E-state index contributed by atoms with van der Waals surface area (Å²) in [6.07, 6.45) is 0. The average Bonchev–Trinajstić information content (AvgIpc) is 3.03. The highest BCUT2D eigenvalue weighted by Crippen LogP contribution is 2.49. The van der Waals surface area contributed by atoms with Gasteiger partial charge in [-0.3, -0.25) is 0 Å². The quantitative estimate of drug-likeness (QED) is 0.157. The maximum Gasteiger partial charge on any atom is 0.242 e. The molecule has 0 saturated heterocycles. The van der Waals surface area contributed by atoms with Crippen molar-refractivity contribution in [3.63, 3.8) is 0 Å². The van der Waals surface area contributed by atoms with Crippen molar-refractivity contribution in [2.45, 2.75) is 216 Å². The largest absolute Gasteiger partial charge is 0.544 e. The van der Waals surface area contributed by atoms with Gasteiger partial charge >= 0.3 is 0 Å². The van der Waals surface area contributed by atoms with E-state index in [1.807, 2.05) is 0 Å². The minimum atomic E-state index is -1.96. The molecule has 0 amide bonds. The summed E-state index contributed by atoms with van der Waals surface area (Å²) < 4.78 is 21.3. The van der Waals surface area contributed by atoms with E-state index < -0.39 is 25.0 Å². The number of hydrogen-bond donors (Lipinski definition) is 0. The molecule has 0 saturated carbocycles. The van der Waals surface area contributed by atoms with Crippen molar-refractivity contribution >= 4 is 25.0 Å². The Balaban J connectivity index is 2.33. The monoisotopic (exact) mass is 907 g/mol. The van der Waals surface area contributed by atoms with Crippen LogP contribution in [0.4, 0.5) is 0 Å². The van der Waals surface area contributed by atoms with Gasteiger partial charge in [-0.25, -0.2) is 0 Å². The molecule has 348 valence electrons. The number of hydrogen-bond acceptors (Lipinski definition) is 3. The van der Waals surface area contributed by atoms with E-state index in [0.29, 0.717) is 0 Å². The van der Waals surface area contributed by atoms with E-state index in [1.54, 1.807) is 0 Å². The van der Waals surface area contributed by atoms with Crippen LogP contribution in [-0.4, -0.2) is 25.0 Å². The molecular formula is C57H90O3Si3. The molecule has 4 aromatic rings. The lowest BCUT2D eigenvalue weighted by molar-refractivity contribution is 0.477. The van der Waals surface area contributed by atoms with Crippen LogP contribution in [0.1, 0.15) is 158 Å². The summed E-state index contributed by atoms with van der Waals surface area (Å²) >= 11 is 0. The Labute approximate surface area is 390 Å². The van der Waals surface area contributed by atoms with Crippen LogP contribution in [0.25, 0.3) is 33.4 Å². The maximum atomic E-state index is 7.09. The molecule has 0 unspecified atom stereocenters. The van der Waals surface area contributed by atoms with Gasteiger partial charge < -0.3 is 13.3 Å². The average molecular weight is 908 g/mol. The third kappa shape index (κ3) is 13.3. The Hall–Kier alpha value is -3.07. The van der Waals surface area contributed by atoms with E-state index in [4.69, 9.17) is 13.3 Å². The molecule has 0 atom stereocenters. The first-order valence-corrected chi connectivity index (χ1v) is 33.9. The van der Waals surface area contributed by atoms with Crippen molar-refractivity contribution in [2.75, 3.05) is 0 Å². The van der Waals surface area contributed by atoms with Gasteiger partial charge in [0.25, 0.3) is 0 Å². The molecule has 0 aliphatic rings. The van der Waals surface area contributed by atoms with Gasteiger partial charge in [0.05, 0.1) is 0 Å². The minimum Gasteiger partial charge on any atom is -0.544 e. The van der Waals surface area contributed by atoms with E-state index in [0.717, 1.165) is 17.2 Å². The third-order valence-corrected chi connectivity index (χ3v) is 13.7. The lowest BCUT2D eigenvalue weighted by Gasteiger charge is -2.34. The van der Waals surface area contributed by atoms with Crippen LogP contribution in [-0.2, 0) is 32.5 Å². The molecule has 0 aliphatic heterocycles. The van der Waals surface area contributed by atoms with E-state index in [1.165, 1.54) is 66.8 Å². The zero-order chi connectivity index (χ0) is 48.6. The molecule has 0 radical (unpaired) electrons. The van der Waals surface area contributed by atoms with Crippen molar-refractivity contribution in [3.8, 4) is 50.6 Å². The fourth-order valence-corrected chi connectivity index (χ4v) is 10.6. The van der Waals surface area contributed by atoms with Gasteiger partial charge in [0.15, 0.2) is 0 Å². The SMILES string of the molecule is CC(C)(C)c1cc(-c2cc(-c3cc(C(C)(C)C)c(O[Si](C)(C)C)c(C(C)(C)C)c3)cc(-c3cc(C(C)(C)C)c(O[Si](C)(C)C)c(C(C)(C)C)c3)c2)cc(C(C)(C)C)c1O[Si](C)(C)C. The molecule has 0 spiro atoms. The highest BCUT2D eigenvalue weighted by atomic mass is 28.4. The lowest BCUT2D eigenvalue weighted by Crippen LogP contribution is -2.32. The van der Waals surface area contributed by atoms with Gasteiger partial charge in [-0.2, -0.15) is 0 Å². The van der Waals surface area contributed by atoms with E-state index in [-0.39, 0.29) is 32.5 Å². The van der Waals surface area contributed by atoms with Crippen molar-refractivity contribution in [1.82, 2.24) is 0 Å². The fraction of sp³-hybridized carbons (Fsp3) is 0.579. The highest BCUT2D eigenvalue weighted by Gasteiger charge is 2.35. The predicted molar refractivity (Wildman–Crippen MR) is 287 cm³/mol. The molecule has 0 aliphatic carbocycles. The van der Waals surface area contributed by atoms with E-state index in [9.17, 15) is 0 Å². The molecule has 6 heteroatoms. The Morgan fingerprint density at radius 2 is 0.365 bits per heavy atom. The smallest absolute Gasteiger partial charge is 0.242 e. The van der Waals surface area contributed by atoms with Crippen molar-refractivity contribution in [2.24, 2.45) is 0 Å². The first-order valence-electron chi connectivity index (χ1n) is 23.7. The summed E-state index contributed by atoms with van der Waals surface area (Å²) in [7, 11) is -5.88. The minimum absolute atomic E-state index is 0.143. The molecule has 63 heavy (non-hydrogen) atoms. The summed E-state index contributed by atoms with van der Waals surface area (Å²) in [4.78, 5) is 0. The van der Waals surface area contributed by atoms with Gasteiger partial charge in [0.2, 0.25) is 25.0 Å². The summed E-state index contributed by atoms with van der Waals surface area (Å²) in [5.41, 5.74) is 13.9. The molecular weight excluding hydrogens is 817 g/mol. The fourth-order valence-electron chi connectivity index (χ4n) is 8.11. The van der Waals surface area contributed by atoms with Crippen LogP contribution in [0.5, 0.6) is 17.2 Å². The normalized spacial score (nSPS) is 14.0. The van der Waals surface area contributed by atoms with Crippen LogP contribution >= 0.6 is 0 Å². The summed E-state index contributed by atoms with van der Waals surface area (Å²) in [5.74, 6) is 3.21. The highest BCUT2D eigenvalue weighted by molar-refractivity contribution is 6.71. The number of rotatable bonds is 9. The van der Waals surface area contributed by atoms with Crippen LogP contribution in [0, 0.1) is 0 Å². The Kier molecular flexibility index (Phi) is 14.2. The van der Waals surface area contributed by atoms with Crippen LogP contribution in [0.2, 0.25) is 58.9 Å². The molecule has 0 aromatic heterocycles. The van der Waals surface area contributed by atoms with Gasteiger partial charge in [-0.1, -0.05) is 125 Å². The van der Waals surface area contributed by atoms with Gasteiger partial charge in [-0.15, -0.1) is 0 Å². The lowest BCUT2D eigenvalue weighted by atomic mass is 9.76. The molecule has 0 N–H and O–H groups in total. The standard InChI is InChI=1S/C57H90O3Si3/c1-52(2,3)43-31-40(32-44(53(4,5)6)49(43)58-61(19,20)21)37-28-38(41-33-45(54(7,8)9)50(59-62(22,23)24)46(34-41)55(10,11)12)30-39(29-37)42-35-47(56(13,14)15)51(60-63(25,26)27)48(36-42)57(16,17)18/h28-36H,1-27H3. The van der Waals surface area contributed by atoms with Gasteiger partial charge in [-0.05, 0) is 213 Å². The molecule has 0 bridgehead atoms. The van der Waals surface area contributed by atoms with E-state index in [2.05, 4.69) is 238 Å². The zero-order valence-electron chi connectivity index (χ0n) is 45.4. The van der Waals surface area contributed by atoms with Crippen LogP contribution < -0.4 is 13.3 Å². The second-order valence-corrected chi connectivity index (χ2v) is 40.9. The Bertz CT molecular complexity index is 1920. The predicted octanol–water partition coefficient (Wildman–Crippen LogP) is 18.1. The van der Waals surface area contributed by atoms with Gasteiger partial charge in [0, 0.05) is 0 Å². The molecule has 0 heterocycles. The zero-order valence-corrected chi connectivity index (χ0v) is 48.4. The first-order chi connectivity index (χ1) is 27.9. The Morgan fingerprint density at radius 1 is 0.238 bits per heavy atom. The maximum absolute atomic E-state index is 7.09. The van der Waals surface area contributed by atoms with Crippen LogP contribution in [0.3, 0.4) is 0 Å². The van der Waals surface area contributed by atoms with Crippen LogP contribution in [0.15, 0.2) is 54.6 Å². The second-order valence-electron chi connectivity index (χ2n) is 27.6. The summed E-state index contributed by atoms with van der Waals surface area (Å²) in [5, 5.41) is 0. The van der Waals surface area contributed by atoms with Gasteiger partial charge in [0.1, 0.15) is 17.2 Å². The summed E-state index contributed by atoms with van der Waals surface area (Å²) in [6, 6.07) is 22.0. The van der Waals surface area contributed by atoms with E-state index >= 15 is 0 Å². The summed E-state index contributed by atoms with van der Waals surface area (Å²) in [6.45, 7) is 62.6. The third-order valence-electron chi connectivity index (χ3n) is 11.3. The molecule has 4 rings (SSSR count). The molecule has 3 nitrogen and oxygen atoms in total. The van der Waals surface area contributed by atoms with Crippen molar-refractivity contribution < 1.29 is 13.3 Å². The van der Waals surface area contributed by atoms with Crippen molar-refractivity contribution in [1.29, 1.82) is 0 Å².